The Kier molecular flexibility index (Phi) is 7.70. The number of nitrogens with zero attached hydrogens (tertiary/aromatic N) is 1. The maximum atomic E-state index is 3.84. The molecule has 0 amide bonds. The van der Waals surface area contributed by atoms with Crippen LogP contribution in [-0.4, -0.2) is 36.1 Å². The maximum absolute atomic E-state index is 3.84. The molecule has 0 aliphatic heterocycles. The van der Waals surface area contributed by atoms with Crippen LogP contribution in [-0.2, 0) is 0 Å². The highest BCUT2D eigenvalue weighted by molar-refractivity contribution is 4.95. The SMILES string of the molecule is CCCNC1CCC(C(C)(C)CC)CC1N(CC)C(C)C. The Labute approximate surface area is 134 Å². The van der Waals surface area contributed by atoms with Crippen LogP contribution in [0.25, 0.3) is 0 Å². The Morgan fingerprint density at radius 2 is 1.81 bits per heavy atom. The summed E-state index contributed by atoms with van der Waals surface area (Å²) >= 11 is 0. The molecule has 2 nitrogen and oxygen atoms in total. The van der Waals surface area contributed by atoms with Gasteiger partial charge in [-0.05, 0) is 64.0 Å². The minimum absolute atomic E-state index is 0.490. The second kappa shape index (κ2) is 8.53. The summed E-state index contributed by atoms with van der Waals surface area (Å²) in [5.41, 5.74) is 0.490. The van der Waals surface area contributed by atoms with Crippen LogP contribution in [0.15, 0.2) is 0 Å². The zero-order valence-corrected chi connectivity index (χ0v) is 15.7. The van der Waals surface area contributed by atoms with Gasteiger partial charge in [0.05, 0.1) is 0 Å². The van der Waals surface area contributed by atoms with Gasteiger partial charge in [0.15, 0.2) is 0 Å². The van der Waals surface area contributed by atoms with Gasteiger partial charge in [0.25, 0.3) is 0 Å². The molecule has 1 rings (SSSR count). The van der Waals surface area contributed by atoms with Gasteiger partial charge in [-0.3, -0.25) is 4.90 Å². The van der Waals surface area contributed by atoms with Crippen LogP contribution >= 0.6 is 0 Å². The Bertz CT molecular complexity index is 285. The molecule has 0 aromatic carbocycles. The van der Waals surface area contributed by atoms with Crippen molar-refractivity contribution in [3.8, 4) is 0 Å². The van der Waals surface area contributed by atoms with Gasteiger partial charge in [-0.25, -0.2) is 0 Å². The van der Waals surface area contributed by atoms with E-state index in [1.807, 2.05) is 0 Å². The van der Waals surface area contributed by atoms with E-state index in [2.05, 4.69) is 58.7 Å². The average molecular weight is 297 g/mol. The topological polar surface area (TPSA) is 15.3 Å². The van der Waals surface area contributed by atoms with Crippen molar-refractivity contribution in [1.82, 2.24) is 10.2 Å². The first-order valence-corrected chi connectivity index (χ1v) is 9.36. The average Bonchev–Trinajstić information content (AvgIpc) is 2.46. The van der Waals surface area contributed by atoms with Crippen molar-refractivity contribution >= 4 is 0 Å². The van der Waals surface area contributed by atoms with Crippen LogP contribution in [0.2, 0.25) is 0 Å². The number of hydrogen-bond acceptors (Lipinski definition) is 2. The summed E-state index contributed by atoms with van der Waals surface area (Å²) in [4.78, 5) is 2.73. The highest BCUT2D eigenvalue weighted by Gasteiger charge is 2.39. The third-order valence-corrected chi connectivity index (χ3v) is 5.94. The van der Waals surface area contributed by atoms with E-state index in [9.17, 15) is 0 Å². The molecule has 0 radical (unpaired) electrons. The lowest BCUT2D eigenvalue weighted by Crippen LogP contribution is -2.56. The molecule has 1 N–H and O–H groups in total. The fraction of sp³-hybridized carbons (Fsp3) is 1.00. The Morgan fingerprint density at radius 3 is 2.29 bits per heavy atom. The Balaban J connectivity index is 2.85. The van der Waals surface area contributed by atoms with Crippen LogP contribution in [0, 0.1) is 11.3 Å². The van der Waals surface area contributed by atoms with Crippen molar-refractivity contribution < 1.29 is 0 Å². The lowest BCUT2D eigenvalue weighted by atomic mass is 9.67. The second-order valence-electron chi connectivity index (χ2n) is 7.90. The van der Waals surface area contributed by atoms with E-state index < -0.39 is 0 Å². The van der Waals surface area contributed by atoms with Crippen molar-refractivity contribution in [2.75, 3.05) is 13.1 Å². The first-order valence-electron chi connectivity index (χ1n) is 9.36. The molecule has 1 fully saturated rings. The lowest BCUT2D eigenvalue weighted by molar-refractivity contribution is 0.0370. The third-order valence-electron chi connectivity index (χ3n) is 5.94. The van der Waals surface area contributed by atoms with Crippen LogP contribution < -0.4 is 5.32 Å². The van der Waals surface area contributed by atoms with Gasteiger partial charge < -0.3 is 5.32 Å². The molecule has 2 heteroatoms. The monoisotopic (exact) mass is 296 g/mol. The number of rotatable bonds is 8. The lowest BCUT2D eigenvalue weighted by Gasteiger charge is -2.48. The molecule has 1 aliphatic carbocycles. The fourth-order valence-electron chi connectivity index (χ4n) is 4.06. The summed E-state index contributed by atoms with van der Waals surface area (Å²) in [6, 6.07) is 2.05. The predicted octanol–water partition coefficient (Wildman–Crippen LogP) is 4.69. The fourth-order valence-corrected chi connectivity index (χ4v) is 4.06. The van der Waals surface area contributed by atoms with Crippen molar-refractivity contribution in [1.29, 1.82) is 0 Å². The van der Waals surface area contributed by atoms with Gasteiger partial charge in [0.2, 0.25) is 0 Å². The molecule has 3 atom stereocenters. The third kappa shape index (κ3) is 4.96. The normalized spacial score (nSPS) is 27.6. The van der Waals surface area contributed by atoms with Gasteiger partial charge in [-0.1, -0.05) is 41.0 Å². The highest BCUT2D eigenvalue weighted by Crippen LogP contribution is 2.42. The smallest absolute Gasteiger partial charge is 0.0254 e. The van der Waals surface area contributed by atoms with Crippen molar-refractivity contribution in [2.45, 2.75) is 98.7 Å². The zero-order valence-electron chi connectivity index (χ0n) is 15.7. The summed E-state index contributed by atoms with van der Waals surface area (Å²) in [5.74, 6) is 0.875. The standard InChI is InChI=1S/C19H40N2/c1-8-13-20-17-12-11-16(19(6,7)9-2)14-18(17)21(10-3)15(4)5/h15-18,20H,8-14H2,1-7H3. The first kappa shape index (κ1) is 19.0. The van der Waals surface area contributed by atoms with Crippen molar-refractivity contribution in [3.05, 3.63) is 0 Å². The predicted molar refractivity (Wildman–Crippen MR) is 94.8 cm³/mol. The summed E-state index contributed by atoms with van der Waals surface area (Å²) in [6.07, 6.45) is 6.65. The molecule has 0 saturated heterocycles. The largest absolute Gasteiger partial charge is 0.312 e. The molecule has 0 spiro atoms. The minimum Gasteiger partial charge on any atom is -0.312 e. The number of likely N-dealkylation sites (N-methyl/N-ethyl adjacent to an activating group) is 1. The van der Waals surface area contributed by atoms with Crippen LogP contribution in [0.3, 0.4) is 0 Å². The van der Waals surface area contributed by atoms with E-state index in [1.165, 1.54) is 45.2 Å². The molecule has 21 heavy (non-hydrogen) atoms. The van der Waals surface area contributed by atoms with Crippen molar-refractivity contribution in [3.63, 3.8) is 0 Å². The maximum Gasteiger partial charge on any atom is 0.0254 e. The summed E-state index contributed by atoms with van der Waals surface area (Å²) in [7, 11) is 0. The van der Waals surface area contributed by atoms with Crippen LogP contribution in [0.5, 0.6) is 0 Å². The quantitative estimate of drug-likeness (QED) is 0.699. The van der Waals surface area contributed by atoms with Gasteiger partial charge in [-0.2, -0.15) is 0 Å². The zero-order chi connectivity index (χ0) is 16.0. The first-order chi connectivity index (χ1) is 9.87. The van der Waals surface area contributed by atoms with E-state index in [-0.39, 0.29) is 0 Å². The van der Waals surface area contributed by atoms with E-state index in [0.717, 1.165) is 5.92 Å². The van der Waals surface area contributed by atoms with E-state index in [4.69, 9.17) is 0 Å². The van der Waals surface area contributed by atoms with E-state index in [1.54, 1.807) is 0 Å². The van der Waals surface area contributed by atoms with Gasteiger partial charge in [0, 0.05) is 18.1 Å². The van der Waals surface area contributed by atoms with Crippen LogP contribution in [0.1, 0.15) is 80.6 Å². The van der Waals surface area contributed by atoms with Gasteiger partial charge in [-0.15, -0.1) is 0 Å². The summed E-state index contributed by atoms with van der Waals surface area (Å²) in [5, 5.41) is 3.84. The molecular formula is C19H40N2. The highest BCUT2D eigenvalue weighted by atomic mass is 15.2. The molecular weight excluding hydrogens is 256 g/mol. The minimum atomic E-state index is 0.490. The Morgan fingerprint density at radius 1 is 1.14 bits per heavy atom. The Hall–Kier alpha value is -0.0800. The molecule has 1 saturated carbocycles. The van der Waals surface area contributed by atoms with E-state index >= 15 is 0 Å². The number of nitrogens with one attached hydrogen (secondary N) is 1. The molecule has 0 bridgehead atoms. The molecule has 0 aromatic heterocycles. The molecule has 0 aromatic rings. The molecule has 1 aliphatic rings. The molecule has 0 heterocycles. The second-order valence-corrected chi connectivity index (χ2v) is 7.90. The molecule has 3 unspecified atom stereocenters. The molecule has 126 valence electrons. The summed E-state index contributed by atoms with van der Waals surface area (Å²) in [6.45, 7) is 18.9. The number of hydrogen-bond donors (Lipinski definition) is 1. The van der Waals surface area contributed by atoms with Gasteiger partial charge >= 0.3 is 0 Å². The van der Waals surface area contributed by atoms with Gasteiger partial charge in [0.1, 0.15) is 0 Å². The van der Waals surface area contributed by atoms with Crippen LogP contribution in [0.4, 0.5) is 0 Å². The van der Waals surface area contributed by atoms with E-state index in [0.29, 0.717) is 23.5 Å². The summed E-state index contributed by atoms with van der Waals surface area (Å²) < 4.78 is 0. The van der Waals surface area contributed by atoms with Crippen molar-refractivity contribution in [2.24, 2.45) is 11.3 Å².